The predicted octanol–water partition coefficient (Wildman–Crippen LogP) is 2.89. The largest absolute Gasteiger partial charge is 0.397 e. The number of carbonyl (C=O) groups excluding carboxylic acids is 3. The van der Waals surface area contributed by atoms with E-state index in [-0.39, 0.29) is 30.6 Å². The lowest BCUT2D eigenvalue weighted by atomic mass is 10.0. The van der Waals surface area contributed by atoms with E-state index in [1.54, 1.807) is 4.90 Å². The monoisotopic (exact) mass is 678 g/mol. The molecule has 2 atom stereocenters. The Labute approximate surface area is 253 Å². The van der Waals surface area contributed by atoms with Gasteiger partial charge >= 0.3 is 0 Å². The molecule has 2 aromatic carbocycles. The number of amides is 3. The number of anilines is 1. The summed E-state index contributed by atoms with van der Waals surface area (Å²) in [6.45, 7) is 3.15. The van der Waals surface area contributed by atoms with Gasteiger partial charge in [0.15, 0.2) is 0 Å². The number of nitrogens with one attached hydrogen (secondary N) is 3. The van der Waals surface area contributed by atoms with Crippen molar-refractivity contribution >= 4 is 55.3 Å². The standard InChI is InChI=1S/C29H40Br2N6O3/c30-22-17-21(18-23(31)27(22)33)19-25(35-26(38)11-6-9-20-7-2-1-3-8-20)28(39)36-24(10-4-5-12-32)29(40)37-15-13-34-14-16-37/h1-3,7-8,17-18,24-25,34H,4-6,9-16,19,32-33H2,(H,35,38)(H,36,39)/t24-,25+/m0/s1. The van der Waals surface area contributed by atoms with E-state index in [0.29, 0.717) is 53.5 Å². The SMILES string of the molecule is NCCCC[C@H](NC(=O)[C@@H](Cc1cc(Br)c(N)c(Br)c1)NC(=O)CCCc1ccccc1)C(=O)N1CCNCC1. The molecule has 218 valence electrons. The molecule has 3 amide bonds. The number of unbranched alkanes of at least 4 members (excludes halogenated alkanes) is 1. The van der Waals surface area contributed by atoms with Gasteiger partial charge in [0, 0.05) is 48.0 Å². The zero-order valence-electron chi connectivity index (χ0n) is 22.8. The van der Waals surface area contributed by atoms with Gasteiger partial charge in [0.2, 0.25) is 17.7 Å². The Morgan fingerprint density at radius 3 is 2.25 bits per heavy atom. The van der Waals surface area contributed by atoms with Gasteiger partial charge in [-0.15, -0.1) is 0 Å². The number of aryl methyl sites for hydroxylation is 1. The van der Waals surface area contributed by atoms with Crippen molar-refractivity contribution < 1.29 is 14.4 Å². The number of nitrogen functional groups attached to an aromatic ring is 1. The third kappa shape index (κ3) is 10.2. The molecule has 1 heterocycles. The van der Waals surface area contributed by atoms with E-state index in [1.807, 2.05) is 42.5 Å². The first-order chi connectivity index (χ1) is 19.3. The summed E-state index contributed by atoms with van der Waals surface area (Å²) >= 11 is 6.92. The third-order valence-corrected chi connectivity index (χ3v) is 8.24. The van der Waals surface area contributed by atoms with Crippen molar-refractivity contribution in [1.82, 2.24) is 20.9 Å². The Hall–Kier alpha value is -2.47. The molecule has 0 bridgehead atoms. The molecule has 7 N–H and O–H groups in total. The van der Waals surface area contributed by atoms with Crippen molar-refractivity contribution in [3.8, 4) is 0 Å². The molecule has 0 unspecified atom stereocenters. The van der Waals surface area contributed by atoms with E-state index in [0.717, 1.165) is 37.1 Å². The lowest BCUT2D eigenvalue weighted by molar-refractivity contribution is -0.138. The zero-order valence-corrected chi connectivity index (χ0v) is 25.9. The first kappa shape index (κ1) is 32.0. The van der Waals surface area contributed by atoms with Gasteiger partial charge in [0.25, 0.3) is 0 Å². The minimum atomic E-state index is -0.862. The predicted molar refractivity (Wildman–Crippen MR) is 166 cm³/mol. The number of piperazine rings is 1. The van der Waals surface area contributed by atoms with Crippen LogP contribution in [0.15, 0.2) is 51.4 Å². The molecule has 9 nitrogen and oxygen atoms in total. The van der Waals surface area contributed by atoms with Crippen LogP contribution in [-0.4, -0.2) is 67.4 Å². The summed E-state index contributed by atoms with van der Waals surface area (Å²) in [7, 11) is 0. The minimum Gasteiger partial charge on any atom is -0.397 e. The smallest absolute Gasteiger partial charge is 0.245 e. The number of hydrogen-bond donors (Lipinski definition) is 5. The van der Waals surface area contributed by atoms with E-state index in [2.05, 4.69) is 47.8 Å². The highest BCUT2D eigenvalue weighted by atomic mass is 79.9. The molecule has 1 fully saturated rings. The van der Waals surface area contributed by atoms with E-state index in [1.165, 1.54) is 0 Å². The highest BCUT2D eigenvalue weighted by Gasteiger charge is 2.30. The number of benzene rings is 2. The van der Waals surface area contributed by atoms with Crippen LogP contribution in [0.2, 0.25) is 0 Å². The van der Waals surface area contributed by atoms with Crippen LogP contribution < -0.4 is 27.4 Å². The number of hydrogen-bond acceptors (Lipinski definition) is 6. The summed E-state index contributed by atoms with van der Waals surface area (Å²) in [5.41, 5.74) is 14.3. The second kappa shape index (κ2) is 16.7. The number of carbonyl (C=O) groups is 3. The number of nitrogens with zero attached hydrogens (tertiary/aromatic N) is 1. The second-order valence-corrected chi connectivity index (χ2v) is 11.8. The van der Waals surface area contributed by atoms with Gasteiger partial charge in [-0.2, -0.15) is 0 Å². The van der Waals surface area contributed by atoms with Gasteiger partial charge in [-0.05, 0) is 93.8 Å². The highest BCUT2D eigenvalue weighted by Crippen LogP contribution is 2.30. The van der Waals surface area contributed by atoms with Gasteiger partial charge in [-0.1, -0.05) is 30.3 Å². The Balaban J connectivity index is 1.73. The summed E-state index contributed by atoms with van der Waals surface area (Å²) in [6.07, 6.45) is 3.92. The Morgan fingerprint density at radius 1 is 0.925 bits per heavy atom. The molecule has 2 aromatic rings. The fourth-order valence-corrected chi connectivity index (χ4v) is 5.97. The lowest BCUT2D eigenvalue weighted by Crippen LogP contribution is -2.57. The van der Waals surface area contributed by atoms with Gasteiger partial charge in [0.1, 0.15) is 12.1 Å². The molecule has 0 aromatic heterocycles. The van der Waals surface area contributed by atoms with Crippen LogP contribution in [0.5, 0.6) is 0 Å². The summed E-state index contributed by atoms with van der Waals surface area (Å²) in [5, 5.41) is 9.14. The molecule has 0 spiro atoms. The summed E-state index contributed by atoms with van der Waals surface area (Å²) in [5.74, 6) is -0.697. The molecule has 40 heavy (non-hydrogen) atoms. The molecule has 0 aliphatic carbocycles. The van der Waals surface area contributed by atoms with Crippen molar-refractivity contribution in [3.05, 3.63) is 62.5 Å². The average Bonchev–Trinajstić information content (AvgIpc) is 2.95. The number of rotatable bonds is 14. The van der Waals surface area contributed by atoms with Crippen LogP contribution in [0.3, 0.4) is 0 Å². The van der Waals surface area contributed by atoms with E-state index in [4.69, 9.17) is 11.5 Å². The molecule has 1 aliphatic rings. The van der Waals surface area contributed by atoms with Crippen molar-refractivity contribution in [2.45, 2.75) is 57.0 Å². The molecular formula is C29H40Br2N6O3. The van der Waals surface area contributed by atoms with Crippen LogP contribution in [0, 0.1) is 0 Å². The molecule has 3 rings (SSSR count). The average molecular weight is 680 g/mol. The summed E-state index contributed by atoms with van der Waals surface area (Å²) in [6, 6.07) is 12.1. The Bertz CT molecular complexity index is 1110. The van der Waals surface area contributed by atoms with E-state index >= 15 is 0 Å². The van der Waals surface area contributed by atoms with Crippen LogP contribution in [0.4, 0.5) is 5.69 Å². The zero-order chi connectivity index (χ0) is 28.9. The van der Waals surface area contributed by atoms with E-state index < -0.39 is 12.1 Å². The maximum atomic E-state index is 13.7. The Morgan fingerprint density at radius 2 is 1.60 bits per heavy atom. The van der Waals surface area contributed by atoms with Crippen LogP contribution in [0.25, 0.3) is 0 Å². The maximum absolute atomic E-state index is 13.7. The van der Waals surface area contributed by atoms with Crippen LogP contribution in [-0.2, 0) is 27.2 Å². The molecule has 1 saturated heterocycles. The lowest BCUT2D eigenvalue weighted by Gasteiger charge is -2.32. The summed E-state index contributed by atoms with van der Waals surface area (Å²) < 4.78 is 1.39. The third-order valence-electron chi connectivity index (χ3n) is 6.93. The van der Waals surface area contributed by atoms with Gasteiger partial charge in [-0.25, -0.2) is 0 Å². The van der Waals surface area contributed by atoms with Gasteiger partial charge < -0.3 is 32.3 Å². The molecule has 0 saturated carbocycles. The van der Waals surface area contributed by atoms with Gasteiger partial charge in [-0.3, -0.25) is 14.4 Å². The quantitative estimate of drug-likeness (QED) is 0.154. The molecule has 0 radical (unpaired) electrons. The van der Waals surface area contributed by atoms with Gasteiger partial charge in [0.05, 0.1) is 5.69 Å². The maximum Gasteiger partial charge on any atom is 0.245 e. The fraction of sp³-hybridized carbons (Fsp3) is 0.483. The summed E-state index contributed by atoms with van der Waals surface area (Å²) in [4.78, 5) is 41.8. The van der Waals surface area contributed by atoms with Crippen molar-refractivity contribution in [2.24, 2.45) is 5.73 Å². The van der Waals surface area contributed by atoms with Crippen molar-refractivity contribution in [3.63, 3.8) is 0 Å². The van der Waals surface area contributed by atoms with Crippen molar-refractivity contribution in [1.29, 1.82) is 0 Å². The normalized spacial score (nSPS) is 14.8. The molecule has 11 heteroatoms. The fourth-order valence-electron chi connectivity index (χ4n) is 4.69. The molecular weight excluding hydrogens is 640 g/mol. The van der Waals surface area contributed by atoms with E-state index in [9.17, 15) is 14.4 Å². The van der Waals surface area contributed by atoms with Crippen LogP contribution >= 0.6 is 31.9 Å². The number of halogens is 2. The number of nitrogens with two attached hydrogens (primary N) is 2. The minimum absolute atomic E-state index is 0.0993. The Kier molecular flexibility index (Phi) is 13.4. The first-order valence-electron chi connectivity index (χ1n) is 13.8. The van der Waals surface area contributed by atoms with Crippen LogP contribution in [0.1, 0.15) is 43.2 Å². The molecule has 1 aliphatic heterocycles. The highest BCUT2D eigenvalue weighted by molar-refractivity contribution is 9.11. The first-order valence-corrected chi connectivity index (χ1v) is 15.4. The second-order valence-electron chi connectivity index (χ2n) is 10.1. The van der Waals surface area contributed by atoms with Crippen molar-refractivity contribution in [2.75, 3.05) is 38.5 Å². The topological polar surface area (TPSA) is 143 Å².